The molecule has 1 atom stereocenters. The fourth-order valence-electron chi connectivity index (χ4n) is 3.91. The average molecular weight is 466 g/mol. The molecular formula is C30H31N3O2. The molecule has 0 bridgehead atoms. The van der Waals surface area contributed by atoms with E-state index in [2.05, 4.69) is 34.3 Å². The zero-order valence-corrected chi connectivity index (χ0v) is 20.2. The van der Waals surface area contributed by atoms with Crippen molar-refractivity contribution in [1.29, 1.82) is 0 Å². The summed E-state index contributed by atoms with van der Waals surface area (Å²) in [6.07, 6.45) is 2.65. The van der Waals surface area contributed by atoms with E-state index in [1.165, 1.54) is 5.56 Å². The van der Waals surface area contributed by atoms with Crippen molar-refractivity contribution in [2.75, 3.05) is 30.4 Å². The number of pyridine rings is 1. The van der Waals surface area contributed by atoms with Crippen molar-refractivity contribution in [2.45, 2.75) is 19.4 Å². The highest BCUT2D eigenvalue weighted by Gasteiger charge is 2.10. The molecule has 5 nitrogen and oxygen atoms in total. The number of hydrogen-bond donors (Lipinski definition) is 1. The molecule has 0 fully saturated rings. The third-order valence-electron chi connectivity index (χ3n) is 5.77. The molecule has 0 spiro atoms. The first kappa shape index (κ1) is 24.0. The lowest BCUT2D eigenvalue weighted by atomic mass is 10.0. The van der Waals surface area contributed by atoms with Gasteiger partial charge in [-0.2, -0.15) is 0 Å². The van der Waals surface area contributed by atoms with E-state index in [-0.39, 0.29) is 11.8 Å². The number of rotatable bonds is 11. The largest absolute Gasteiger partial charge is 0.492 e. The van der Waals surface area contributed by atoms with Gasteiger partial charge in [0.15, 0.2) is 5.78 Å². The van der Waals surface area contributed by atoms with E-state index in [1.807, 2.05) is 92.0 Å². The summed E-state index contributed by atoms with van der Waals surface area (Å²) >= 11 is 0. The van der Waals surface area contributed by atoms with E-state index in [9.17, 15) is 4.79 Å². The Morgan fingerprint density at radius 2 is 1.66 bits per heavy atom. The van der Waals surface area contributed by atoms with Gasteiger partial charge in [0.1, 0.15) is 18.2 Å². The summed E-state index contributed by atoms with van der Waals surface area (Å²) in [5, 5.41) is 3.52. The zero-order chi connectivity index (χ0) is 24.5. The molecule has 35 heavy (non-hydrogen) atoms. The molecule has 4 aromatic rings. The number of carbonyl (C=O) groups excluding carboxylic acids is 1. The molecule has 1 N–H and O–H groups in total. The van der Waals surface area contributed by atoms with Gasteiger partial charge in [0.05, 0.1) is 6.54 Å². The molecule has 0 aliphatic rings. The van der Waals surface area contributed by atoms with Crippen LogP contribution in [0.4, 0.5) is 11.5 Å². The zero-order valence-electron chi connectivity index (χ0n) is 20.2. The molecule has 1 heterocycles. The first-order valence-corrected chi connectivity index (χ1v) is 11.9. The minimum atomic E-state index is 0.0312. The number of anilines is 2. The van der Waals surface area contributed by atoms with Crippen molar-refractivity contribution in [3.63, 3.8) is 0 Å². The lowest BCUT2D eigenvalue weighted by Gasteiger charge is -2.18. The normalized spacial score (nSPS) is 11.5. The molecule has 1 aromatic heterocycles. The fraction of sp³-hybridized carbons (Fsp3) is 0.200. The molecule has 0 radical (unpaired) electrons. The van der Waals surface area contributed by atoms with Crippen LogP contribution in [0.15, 0.2) is 103 Å². The predicted octanol–water partition coefficient (Wildman–Crippen LogP) is 5.87. The van der Waals surface area contributed by atoms with Crippen LogP contribution in [0.2, 0.25) is 0 Å². The van der Waals surface area contributed by atoms with Crippen LogP contribution in [0.25, 0.3) is 0 Å². The number of ketones is 1. The van der Waals surface area contributed by atoms with Crippen LogP contribution in [0, 0.1) is 0 Å². The number of hydrogen-bond acceptors (Lipinski definition) is 5. The number of carbonyl (C=O) groups is 1. The smallest absolute Gasteiger partial charge is 0.193 e. The minimum Gasteiger partial charge on any atom is -0.492 e. The van der Waals surface area contributed by atoms with Gasteiger partial charge < -0.3 is 15.0 Å². The van der Waals surface area contributed by atoms with Gasteiger partial charge in [-0.3, -0.25) is 4.79 Å². The van der Waals surface area contributed by atoms with E-state index >= 15 is 0 Å². The molecule has 0 saturated carbocycles. The summed E-state index contributed by atoms with van der Waals surface area (Å²) in [6, 6.07) is 31.4. The summed E-state index contributed by atoms with van der Waals surface area (Å²) in [4.78, 5) is 19.2. The van der Waals surface area contributed by atoms with E-state index < -0.39 is 0 Å². The lowest BCUT2D eigenvalue weighted by Crippen LogP contribution is -2.24. The van der Waals surface area contributed by atoms with E-state index in [0.717, 1.165) is 30.2 Å². The molecular weight excluding hydrogens is 434 g/mol. The number of ether oxygens (including phenoxy) is 1. The van der Waals surface area contributed by atoms with Crippen LogP contribution in [0.1, 0.15) is 28.4 Å². The maximum absolute atomic E-state index is 12.7. The Kier molecular flexibility index (Phi) is 8.12. The summed E-state index contributed by atoms with van der Waals surface area (Å²) in [7, 11) is 2.01. The SMILES string of the molecule is C[C@H](Cc1ccc(OCCN(C)c2ccccn2)cc1)Nc1cccc(C(=O)c2ccccc2)c1. The Labute approximate surface area is 207 Å². The maximum atomic E-state index is 12.7. The molecule has 5 heteroatoms. The van der Waals surface area contributed by atoms with Crippen molar-refractivity contribution in [3.05, 3.63) is 120 Å². The molecule has 3 aromatic carbocycles. The maximum Gasteiger partial charge on any atom is 0.193 e. The molecule has 178 valence electrons. The third-order valence-corrected chi connectivity index (χ3v) is 5.77. The van der Waals surface area contributed by atoms with Gasteiger partial charge in [0, 0.05) is 36.1 Å². The van der Waals surface area contributed by atoms with Crippen molar-refractivity contribution in [3.8, 4) is 5.75 Å². The molecule has 0 saturated heterocycles. The van der Waals surface area contributed by atoms with Crippen LogP contribution in [0.3, 0.4) is 0 Å². The Balaban J connectivity index is 1.26. The molecule has 0 aliphatic carbocycles. The summed E-state index contributed by atoms with van der Waals surface area (Å²) < 4.78 is 5.91. The van der Waals surface area contributed by atoms with Gasteiger partial charge in [-0.25, -0.2) is 4.98 Å². The van der Waals surface area contributed by atoms with Gasteiger partial charge in [0.25, 0.3) is 0 Å². The van der Waals surface area contributed by atoms with Crippen molar-refractivity contribution in [1.82, 2.24) is 4.98 Å². The van der Waals surface area contributed by atoms with Crippen LogP contribution in [0.5, 0.6) is 5.75 Å². The Morgan fingerprint density at radius 1 is 0.914 bits per heavy atom. The Morgan fingerprint density at radius 3 is 2.40 bits per heavy atom. The monoisotopic (exact) mass is 465 g/mol. The summed E-state index contributed by atoms with van der Waals surface area (Å²) in [6.45, 7) is 3.48. The predicted molar refractivity (Wildman–Crippen MR) is 143 cm³/mol. The standard InChI is InChI=1S/C30H31N3O2/c1-23(32-27-12-8-11-26(22-27)30(34)25-9-4-3-5-10-25)21-24-14-16-28(17-15-24)35-20-19-33(2)29-13-6-7-18-31-29/h3-18,22-23,32H,19-21H2,1-2H3/t23-/m1/s1. The first-order chi connectivity index (χ1) is 17.1. The quantitative estimate of drug-likeness (QED) is 0.281. The second kappa shape index (κ2) is 11.8. The minimum absolute atomic E-state index is 0.0312. The van der Waals surface area contributed by atoms with Gasteiger partial charge in [-0.15, -0.1) is 0 Å². The van der Waals surface area contributed by atoms with E-state index in [4.69, 9.17) is 4.74 Å². The third kappa shape index (κ3) is 6.93. The topological polar surface area (TPSA) is 54.5 Å². The molecule has 0 aliphatic heterocycles. The number of nitrogens with zero attached hydrogens (tertiary/aromatic N) is 2. The second-order valence-corrected chi connectivity index (χ2v) is 8.63. The van der Waals surface area contributed by atoms with Crippen LogP contribution < -0.4 is 15.0 Å². The summed E-state index contributed by atoms with van der Waals surface area (Å²) in [5.41, 5.74) is 3.54. The Bertz CT molecular complexity index is 1210. The van der Waals surface area contributed by atoms with Crippen LogP contribution in [-0.4, -0.2) is 37.0 Å². The van der Waals surface area contributed by atoms with Gasteiger partial charge in [-0.05, 0) is 55.3 Å². The van der Waals surface area contributed by atoms with Crippen LogP contribution in [-0.2, 0) is 6.42 Å². The average Bonchev–Trinajstić information content (AvgIpc) is 2.90. The number of nitrogens with one attached hydrogen (secondary N) is 1. The lowest BCUT2D eigenvalue weighted by molar-refractivity contribution is 0.103. The van der Waals surface area contributed by atoms with Gasteiger partial charge in [-0.1, -0.05) is 60.7 Å². The molecule has 0 amide bonds. The fourth-order valence-corrected chi connectivity index (χ4v) is 3.91. The second-order valence-electron chi connectivity index (χ2n) is 8.63. The summed E-state index contributed by atoms with van der Waals surface area (Å²) in [5.74, 6) is 1.82. The number of aromatic nitrogens is 1. The van der Waals surface area contributed by atoms with Crippen molar-refractivity contribution < 1.29 is 9.53 Å². The number of benzene rings is 3. The van der Waals surface area contributed by atoms with Gasteiger partial charge >= 0.3 is 0 Å². The van der Waals surface area contributed by atoms with Gasteiger partial charge in [0.2, 0.25) is 0 Å². The molecule has 4 rings (SSSR count). The molecule has 0 unspecified atom stereocenters. The Hall–Kier alpha value is -4.12. The van der Waals surface area contributed by atoms with Crippen molar-refractivity contribution in [2.24, 2.45) is 0 Å². The number of likely N-dealkylation sites (N-methyl/N-ethyl adjacent to an activating group) is 1. The highest BCUT2D eigenvalue weighted by molar-refractivity contribution is 6.09. The van der Waals surface area contributed by atoms with Crippen molar-refractivity contribution >= 4 is 17.3 Å². The highest BCUT2D eigenvalue weighted by atomic mass is 16.5. The van der Waals surface area contributed by atoms with E-state index in [0.29, 0.717) is 17.7 Å². The first-order valence-electron chi connectivity index (χ1n) is 11.9. The van der Waals surface area contributed by atoms with Crippen LogP contribution >= 0.6 is 0 Å². The van der Waals surface area contributed by atoms with E-state index in [1.54, 1.807) is 6.20 Å². The highest BCUT2D eigenvalue weighted by Crippen LogP contribution is 2.18.